The highest BCUT2D eigenvalue weighted by molar-refractivity contribution is 5.98. The van der Waals surface area contributed by atoms with Crippen LogP contribution in [0.4, 0.5) is 5.69 Å². The molecule has 19 heteroatoms. The number of carboxylic acid groups (broad SMARTS) is 2. The predicted octanol–water partition coefficient (Wildman–Crippen LogP) is -5.51. The monoisotopic (exact) mass is 636 g/mol. The Morgan fingerprint density at radius 2 is 1.55 bits per heavy atom. The zero-order valence-corrected chi connectivity index (χ0v) is 23.0. The van der Waals surface area contributed by atoms with Crippen molar-refractivity contribution in [1.82, 2.24) is 0 Å². The highest BCUT2D eigenvalue weighted by atomic mass is 16.8. The summed E-state index contributed by atoms with van der Waals surface area (Å²) >= 11 is 0. The average Bonchev–Trinajstić information content (AvgIpc) is 2.98. The maximum atomic E-state index is 11.7. The van der Waals surface area contributed by atoms with Crippen molar-refractivity contribution in [3.63, 3.8) is 0 Å². The van der Waals surface area contributed by atoms with Gasteiger partial charge in [0, 0.05) is 12.2 Å². The van der Waals surface area contributed by atoms with Gasteiger partial charge in [0.2, 0.25) is 0 Å². The van der Waals surface area contributed by atoms with Crippen molar-refractivity contribution in [2.75, 3.05) is 11.9 Å². The number of nitrogens with two attached hydrogens (primary N) is 1. The summed E-state index contributed by atoms with van der Waals surface area (Å²) in [5.41, 5.74) is 5.49. The van der Waals surface area contributed by atoms with Crippen LogP contribution in [-0.2, 0) is 28.5 Å². The van der Waals surface area contributed by atoms with Gasteiger partial charge in [-0.05, 0) is 19.1 Å². The van der Waals surface area contributed by atoms with Gasteiger partial charge >= 0.3 is 11.9 Å². The number of aliphatic hydroxyl groups excluding tert-OH is 8. The third kappa shape index (κ3) is 7.77. The summed E-state index contributed by atoms with van der Waals surface area (Å²) in [6, 6.07) is 5.85. The number of benzene rings is 1. The number of carboxylic acids is 2. The fourth-order valence-corrected chi connectivity index (χ4v) is 4.62. The van der Waals surface area contributed by atoms with Crippen LogP contribution in [0.25, 0.3) is 0 Å². The highest BCUT2D eigenvalue weighted by Gasteiger charge is 2.53. The van der Waals surface area contributed by atoms with E-state index >= 15 is 0 Å². The van der Waals surface area contributed by atoms with Crippen LogP contribution in [0.2, 0.25) is 0 Å². The second kappa shape index (κ2) is 14.8. The molecule has 13 N–H and O–H groups in total. The molecule has 3 rings (SSSR count). The third-order valence-corrected chi connectivity index (χ3v) is 7.17. The van der Waals surface area contributed by atoms with Gasteiger partial charge in [-0.1, -0.05) is 12.1 Å². The number of para-hydroxylation sites is 1. The summed E-state index contributed by atoms with van der Waals surface area (Å²) in [6.07, 6.45) is -28.4. The molecule has 2 saturated heterocycles. The minimum Gasteiger partial charge on any atom is -0.479 e. The lowest BCUT2D eigenvalue weighted by molar-refractivity contribution is -0.370. The normalized spacial score (nSPS) is 35.2. The number of hydrogen-bond donors (Lipinski definition) is 12. The number of carbonyl (C=O) groups excluding carboxylic acids is 1. The zero-order valence-electron chi connectivity index (χ0n) is 23.0. The third-order valence-electron chi connectivity index (χ3n) is 7.17. The van der Waals surface area contributed by atoms with E-state index in [1.807, 2.05) is 0 Å². The van der Waals surface area contributed by atoms with Gasteiger partial charge in [0.25, 0.3) is 5.91 Å². The Morgan fingerprint density at radius 1 is 0.909 bits per heavy atom. The molecule has 1 aromatic rings. The van der Waals surface area contributed by atoms with E-state index in [-0.39, 0.29) is 11.3 Å². The van der Waals surface area contributed by atoms with E-state index in [1.165, 1.54) is 31.2 Å². The van der Waals surface area contributed by atoms with Crippen LogP contribution in [0.5, 0.6) is 0 Å². The van der Waals surface area contributed by atoms with Gasteiger partial charge in [0.05, 0.1) is 17.8 Å². The van der Waals surface area contributed by atoms with E-state index < -0.39 is 110 Å². The SMILES string of the molecule is C[C@@H]1O[C@@H](O[C@H]([C@H](O)[C@@H](O)CNc2ccccc2C(N)=O)[C@H](O)C(=O)O)[C@H](O[C@H]2O[C@H](C(=O)O)[C@H](O)[C@H](O)[C@H]2O)[C@H](O)[C@H]1O. The summed E-state index contributed by atoms with van der Waals surface area (Å²) in [4.78, 5) is 34.8. The molecule has 1 aromatic carbocycles. The number of hydrogen-bond acceptors (Lipinski definition) is 16. The smallest absolute Gasteiger partial charge is 0.335 e. The van der Waals surface area contributed by atoms with Crippen LogP contribution in [-0.4, -0.2) is 161 Å². The first kappa shape index (κ1) is 35.4. The molecule has 44 heavy (non-hydrogen) atoms. The van der Waals surface area contributed by atoms with E-state index in [4.69, 9.17) is 24.7 Å². The van der Waals surface area contributed by atoms with E-state index in [1.54, 1.807) is 0 Å². The van der Waals surface area contributed by atoms with E-state index in [2.05, 4.69) is 5.32 Å². The van der Waals surface area contributed by atoms with Gasteiger partial charge in [-0.15, -0.1) is 0 Å². The van der Waals surface area contributed by atoms with Gasteiger partial charge in [-0.2, -0.15) is 0 Å². The topological polar surface area (TPSA) is 328 Å². The summed E-state index contributed by atoms with van der Waals surface area (Å²) in [6.45, 7) is 0.709. The quantitative estimate of drug-likeness (QED) is 0.0960. The standard InChI is InChI=1S/C25H36N2O17/c1-7-11(29)14(32)20(44-24-16(34)13(31)15(33)19(43-24)23(39)40)25(41-7)42-18(17(35)22(37)38)12(30)10(28)6-27-9-5-3-2-4-8(9)21(26)36/h2-5,7,10-20,24-25,27-35H,6H2,1H3,(H2,26,36)(H,37,38)(H,39,40)/t7-,10-,11-,12+,13-,14+,15+,16+,17-,18+,19-,20+,24+,25-/m0/s1. The summed E-state index contributed by atoms with van der Waals surface area (Å²) in [5, 5.41) is 105. The molecule has 2 aliphatic heterocycles. The maximum absolute atomic E-state index is 11.7. The number of ether oxygens (including phenoxy) is 4. The molecule has 2 heterocycles. The first-order chi connectivity index (χ1) is 20.6. The molecule has 1 amide bonds. The van der Waals surface area contributed by atoms with E-state index in [0.29, 0.717) is 0 Å². The predicted molar refractivity (Wildman–Crippen MR) is 140 cm³/mol. The largest absolute Gasteiger partial charge is 0.479 e. The van der Waals surface area contributed by atoms with E-state index in [9.17, 15) is 65.4 Å². The maximum Gasteiger partial charge on any atom is 0.335 e. The first-order valence-electron chi connectivity index (χ1n) is 13.2. The van der Waals surface area contributed by atoms with Gasteiger partial charge in [-0.3, -0.25) is 4.79 Å². The molecule has 0 bridgehead atoms. The Morgan fingerprint density at radius 3 is 2.14 bits per heavy atom. The molecule has 2 aliphatic rings. The number of carbonyl (C=O) groups is 3. The molecule has 0 aromatic heterocycles. The van der Waals surface area contributed by atoms with Gasteiger partial charge in [-0.25, -0.2) is 9.59 Å². The number of aliphatic carboxylic acids is 2. The van der Waals surface area contributed by atoms with Crippen molar-refractivity contribution in [3.05, 3.63) is 29.8 Å². The minimum absolute atomic E-state index is 0.0274. The lowest BCUT2D eigenvalue weighted by Gasteiger charge is -2.46. The molecular formula is C25H36N2O17. The van der Waals surface area contributed by atoms with Crippen molar-refractivity contribution in [1.29, 1.82) is 0 Å². The van der Waals surface area contributed by atoms with Gasteiger partial charge < -0.3 is 81.1 Å². The van der Waals surface area contributed by atoms with Crippen molar-refractivity contribution in [3.8, 4) is 0 Å². The Bertz CT molecular complexity index is 1160. The number of aliphatic hydroxyl groups is 8. The second-order valence-corrected chi connectivity index (χ2v) is 10.3. The van der Waals surface area contributed by atoms with Crippen LogP contribution >= 0.6 is 0 Å². The molecule has 14 atom stereocenters. The molecule has 19 nitrogen and oxygen atoms in total. The molecule has 248 valence electrons. The molecule has 2 fully saturated rings. The Labute approximate surface area is 248 Å². The molecule has 0 saturated carbocycles. The number of nitrogens with one attached hydrogen (secondary N) is 1. The number of rotatable bonds is 13. The van der Waals surface area contributed by atoms with Crippen LogP contribution in [0.15, 0.2) is 24.3 Å². The van der Waals surface area contributed by atoms with Crippen molar-refractivity contribution in [2.24, 2.45) is 5.73 Å². The zero-order chi connectivity index (χ0) is 33.0. The van der Waals surface area contributed by atoms with Crippen LogP contribution in [0.1, 0.15) is 17.3 Å². The lowest BCUT2D eigenvalue weighted by atomic mass is 9.97. The summed E-state index contributed by atoms with van der Waals surface area (Å²) in [5.74, 6) is -4.50. The minimum atomic E-state index is -2.55. The molecule has 0 aliphatic carbocycles. The number of amides is 1. The highest BCUT2D eigenvalue weighted by Crippen LogP contribution is 2.31. The summed E-state index contributed by atoms with van der Waals surface area (Å²) < 4.78 is 21.4. The second-order valence-electron chi connectivity index (χ2n) is 10.3. The Kier molecular flexibility index (Phi) is 11.9. The van der Waals surface area contributed by atoms with E-state index in [0.717, 1.165) is 0 Å². The van der Waals surface area contributed by atoms with Crippen LogP contribution in [0, 0.1) is 0 Å². The molecular weight excluding hydrogens is 600 g/mol. The Hall–Kier alpha value is -3.05. The van der Waals surface area contributed by atoms with Crippen LogP contribution < -0.4 is 11.1 Å². The number of primary amides is 1. The molecule has 0 spiro atoms. The molecule has 0 unspecified atom stereocenters. The first-order valence-corrected chi connectivity index (χ1v) is 13.2. The van der Waals surface area contributed by atoms with Crippen molar-refractivity contribution >= 4 is 23.5 Å². The Balaban J connectivity index is 1.85. The molecule has 0 radical (unpaired) electrons. The van der Waals surface area contributed by atoms with Crippen molar-refractivity contribution in [2.45, 2.75) is 92.8 Å². The fraction of sp³-hybridized carbons (Fsp3) is 0.640. The number of anilines is 1. The lowest BCUT2D eigenvalue weighted by Crippen LogP contribution is -2.65. The van der Waals surface area contributed by atoms with Gasteiger partial charge in [0.1, 0.15) is 48.8 Å². The van der Waals surface area contributed by atoms with Gasteiger partial charge in [0.15, 0.2) is 24.8 Å². The summed E-state index contributed by atoms with van der Waals surface area (Å²) in [7, 11) is 0. The van der Waals surface area contributed by atoms with Crippen molar-refractivity contribution < 1.29 is 84.4 Å². The fourth-order valence-electron chi connectivity index (χ4n) is 4.62. The van der Waals surface area contributed by atoms with Crippen LogP contribution in [0.3, 0.4) is 0 Å². The average molecular weight is 637 g/mol.